The van der Waals surface area contributed by atoms with E-state index < -0.39 is 0 Å². The van der Waals surface area contributed by atoms with Crippen molar-refractivity contribution in [2.75, 3.05) is 39.5 Å². The minimum atomic E-state index is 0. The molecule has 0 radical (unpaired) electrons. The fourth-order valence-electron chi connectivity index (χ4n) is 6.08. The van der Waals surface area contributed by atoms with E-state index in [0.29, 0.717) is 5.75 Å². The molecule has 3 aromatic carbocycles. The fourth-order valence-corrected chi connectivity index (χ4v) is 6.08. The Morgan fingerprint density at radius 2 is 1.78 bits per heavy atom. The number of benzene rings is 3. The molecule has 0 saturated carbocycles. The second-order valence-electron chi connectivity index (χ2n) is 10.2. The Labute approximate surface area is 219 Å². The maximum absolute atomic E-state index is 13.1. The zero-order chi connectivity index (χ0) is 23.6. The average Bonchev–Trinajstić information content (AvgIpc) is 3.36. The van der Waals surface area contributed by atoms with Crippen molar-refractivity contribution in [2.45, 2.75) is 38.5 Å². The van der Waals surface area contributed by atoms with Gasteiger partial charge >= 0.3 is 0 Å². The number of likely N-dealkylation sites (tertiary alicyclic amines) is 1. The number of piperidine rings is 1. The third-order valence-electron chi connectivity index (χ3n) is 7.99. The van der Waals surface area contributed by atoms with Crippen molar-refractivity contribution < 1.29 is 14.3 Å². The van der Waals surface area contributed by atoms with Gasteiger partial charge in [0.05, 0.1) is 0 Å². The standard InChI is InChI=1S/C30H34N2O3.ClH/c33-30-27-19-29-28(34-21-35-29)18-25(27)13-17-32(30)15-5-7-22-6-4-14-31(20-22)16-12-24-10-3-9-23-8-1-2-11-26(23)24;/h1-3,8-11,18-19,22H,4-7,12-17,20-21H2;1H. The van der Waals surface area contributed by atoms with Gasteiger partial charge in [0, 0.05) is 31.7 Å². The predicted molar refractivity (Wildman–Crippen MR) is 145 cm³/mol. The molecule has 3 aliphatic heterocycles. The fraction of sp³-hybridized carbons (Fsp3) is 0.433. The van der Waals surface area contributed by atoms with Gasteiger partial charge in [-0.3, -0.25) is 4.79 Å². The van der Waals surface area contributed by atoms with Crippen LogP contribution in [0.25, 0.3) is 10.8 Å². The first kappa shape index (κ1) is 24.9. The second-order valence-corrected chi connectivity index (χ2v) is 10.2. The molecule has 1 saturated heterocycles. The smallest absolute Gasteiger partial charge is 0.254 e. The van der Waals surface area contributed by atoms with Gasteiger partial charge in [0.1, 0.15) is 0 Å². The van der Waals surface area contributed by atoms with Gasteiger partial charge in [-0.2, -0.15) is 0 Å². The van der Waals surface area contributed by atoms with E-state index in [0.717, 1.165) is 61.7 Å². The van der Waals surface area contributed by atoms with Gasteiger partial charge in [-0.25, -0.2) is 0 Å². The highest BCUT2D eigenvalue weighted by Crippen LogP contribution is 2.37. The number of hydrogen-bond donors (Lipinski definition) is 0. The van der Waals surface area contributed by atoms with Crippen LogP contribution in [0, 0.1) is 5.92 Å². The molecule has 0 aromatic heterocycles. The first-order chi connectivity index (χ1) is 17.2. The van der Waals surface area contributed by atoms with Crippen molar-refractivity contribution in [3.05, 3.63) is 71.3 Å². The minimum Gasteiger partial charge on any atom is -0.454 e. The van der Waals surface area contributed by atoms with E-state index in [1.54, 1.807) is 0 Å². The summed E-state index contributed by atoms with van der Waals surface area (Å²) in [6.45, 7) is 5.41. The highest BCUT2D eigenvalue weighted by atomic mass is 35.5. The zero-order valence-electron chi connectivity index (χ0n) is 20.8. The molecule has 1 unspecified atom stereocenters. The molecular weight excluding hydrogens is 472 g/mol. The average molecular weight is 507 g/mol. The second kappa shape index (κ2) is 11.1. The lowest BCUT2D eigenvalue weighted by atomic mass is 9.92. The molecule has 3 aromatic rings. The molecule has 1 atom stereocenters. The van der Waals surface area contributed by atoms with Crippen LogP contribution in [0.2, 0.25) is 0 Å². The van der Waals surface area contributed by atoms with E-state index in [4.69, 9.17) is 9.47 Å². The molecule has 3 aliphatic rings. The van der Waals surface area contributed by atoms with Gasteiger partial charge in [-0.05, 0) is 85.0 Å². The van der Waals surface area contributed by atoms with Gasteiger partial charge in [-0.15, -0.1) is 12.4 Å². The van der Waals surface area contributed by atoms with Crippen LogP contribution in [0.15, 0.2) is 54.6 Å². The number of amides is 1. The number of hydrogen-bond acceptors (Lipinski definition) is 4. The molecule has 5 nitrogen and oxygen atoms in total. The van der Waals surface area contributed by atoms with Crippen LogP contribution in [0.4, 0.5) is 0 Å². The number of rotatable bonds is 7. The molecule has 1 amide bonds. The lowest BCUT2D eigenvalue weighted by Gasteiger charge is -2.34. The van der Waals surface area contributed by atoms with Gasteiger partial charge in [-0.1, -0.05) is 42.5 Å². The summed E-state index contributed by atoms with van der Waals surface area (Å²) in [4.78, 5) is 17.8. The summed E-state index contributed by atoms with van der Waals surface area (Å²) in [5.74, 6) is 2.35. The number of nitrogens with zero attached hydrogens (tertiary/aromatic N) is 2. The largest absolute Gasteiger partial charge is 0.454 e. The number of halogens is 1. The molecule has 0 bridgehead atoms. The van der Waals surface area contributed by atoms with E-state index >= 15 is 0 Å². The Morgan fingerprint density at radius 1 is 0.944 bits per heavy atom. The molecule has 3 heterocycles. The van der Waals surface area contributed by atoms with Crippen LogP contribution >= 0.6 is 12.4 Å². The van der Waals surface area contributed by atoms with Gasteiger partial charge < -0.3 is 19.3 Å². The van der Waals surface area contributed by atoms with Crippen molar-refractivity contribution in [3.63, 3.8) is 0 Å². The lowest BCUT2D eigenvalue weighted by molar-refractivity contribution is 0.0730. The van der Waals surface area contributed by atoms with Crippen molar-refractivity contribution >= 4 is 29.1 Å². The summed E-state index contributed by atoms with van der Waals surface area (Å²) >= 11 is 0. The summed E-state index contributed by atoms with van der Waals surface area (Å²) in [5, 5.41) is 2.72. The highest BCUT2D eigenvalue weighted by Gasteiger charge is 2.28. The predicted octanol–water partition coefficient (Wildman–Crippen LogP) is 5.72. The van der Waals surface area contributed by atoms with E-state index in [9.17, 15) is 4.79 Å². The van der Waals surface area contributed by atoms with Crippen molar-refractivity contribution in [1.29, 1.82) is 0 Å². The van der Waals surface area contributed by atoms with Crippen LogP contribution in [0.3, 0.4) is 0 Å². The van der Waals surface area contributed by atoms with Crippen LogP contribution in [0.5, 0.6) is 11.5 Å². The van der Waals surface area contributed by atoms with Crippen LogP contribution in [-0.2, 0) is 12.8 Å². The minimum absolute atomic E-state index is 0. The summed E-state index contributed by atoms with van der Waals surface area (Å²) in [6.07, 6.45) is 6.86. The number of ether oxygens (including phenoxy) is 2. The summed E-state index contributed by atoms with van der Waals surface area (Å²) < 4.78 is 11.0. The molecule has 190 valence electrons. The normalized spacial score (nSPS) is 19.3. The van der Waals surface area contributed by atoms with E-state index in [-0.39, 0.29) is 25.1 Å². The molecule has 6 heteroatoms. The number of carbonyl (C=O) groups is 1. The Morgan fingerprint density at radius 3 is 2.69 bits per heavy atom. The van der Waals surface area contributed by atoms with Crippen molar-refractivity contribution in [1.82, 2.24) is 9.80 Å². The number of fused-ring (bicyclic) bond motifs is 3. The maximum atomic E-state index is 13.1. The first-order valence-electron chi connectivity index (χ1n) is 13.2. The van der Waals surface area contributed by atoms with Crippen LogP contribution in [-0.4, -0.2) is 55.2 Å². The molecule has 36 heavy (non-hydrogen) atoms. The Hall–Kier alpha value is -2.76. The Balaban J connectivity index is 0.00000267. The topological polar surface area (TPSA) is 42.0 Å². The zero-order valence-corrected chi connectivity index (χ0v) is 21.6. The molecule has 1 fully saturated rings. The monoisotopic (exact) mass is 506 g/mol. The molecule has 0 spiro atoms. The van der Waals surface area contributed by atoms with Crippen molar-refractivity contribution in [2.24, 2.45) is 5.92 Å². The Bertz CT molecular complexity index is 1220. The quantitative estimate of drug-likeness (QED) is 0.411. The SMILES string of the molecule is Cl.O=C1c2cc3c(cc2CCN1CCCC1CCCN(CCc2cccc4ccccc24)C1)OCO3. The van der Waals surface area contributed by atoms with Crippen LogP contribution < -0.4 is 9.47 Å². The van der Waals surface area contributed by atoms with Crippen molar-refractivity contribution in [3.8, 4) is 11.5 Å². The molecule has 6 rings (SSSR count). The summed E-state index contributed by atoms with van der Waals surface area (Å²) in [6, 6.07) is 19.2. The molecule has 0 aliphatic carbocycles. The van der Waals surface area contributed by atoms with E-state index in [1.165, 1.54) is 48.7 Å². The Kier molecular flexibility index (Phi) is 7.68. The number of carbonyl (C=O) groups excluding carboxylic acids is 1. The maximum Gasteiger partial charge on any atom is 0.254 e. The third-order valence-corrected chi connectivity index (χ3v) is 7.99. The van der Waals surface area contributed by atoms with E-state index in [1.807, 2.05) is 17.0 Å². The highest BCUT2D eigenvalue weighted by molar-refractivity contribution is 5.97. The van der Waals surface area contributed by atoms with Gasteiger partial charge in [0.2, 0.25) is 6.79 Å². The van der Waals surface area contributed by atoms with E-state index in [2.05, 4.69) is 47.4 Å². The lowest BCUT2D eigenvalue weighted by Crippen LogP contribution is -2.39. The van der Waals surface area contributed by atoms with Crippen LogP contribution in [0.1, 0.15) is 47.2 Å². The third kappa shape index (κ3) is 5.18. The van der Waals surface area contributed by atoms with Gasteiger partial charge in [0.15, 0.2) is 11.5 Å². The first-order valence-corrected chi connectivity index (χ1v) is 13.2. The molecule has 0 N–H and O–H groups in total. The summed E-state index contributed by atoms with van der Waals surface area (Å²) in [5.41, 5.74) is 3.33. The van der Waals surface area contributed by atoms with Gasteiger partial charge in [0.25, 0.3) is 5.91 Å². The molecular formula is C30H35ClN2O3. The summed E-state index contributed by atoms with van der Waals surface area (Å²) in [7, 11) is 0.